The molecular formula is C53H59BN2. The molecule has 0 bridgehead atoms. The number of nitrogens with zero attached hydrogens (tertiary/aromatic N) is 2. The Kier molecular flexibility index (Phi) is 9.80. The van der Waals surface area contributed by atoms with Crippen LogP contribution in [0.4, 0.5) is 34.1 Å². The van der Waals surface area contributed by atoms with E-state index >= 15 is 0 Å². The largest absolute Gasteiger partial charge is 0.311 e. The van der Waals surface area contributed by atoms with Crippen LogP contribution in [-0.2, 0) is 17.3 Å². The second-order valence-electron chi connectivity index (χ2n) is 18.8. The molecule has 0 unspecified atom stereocenters. The van der Waals surface area contributed by atoms with Gasteiger partial charge in [-0.1, -0.05) is 146 Å². The third kappa shape index (κ3) is 6.99. The van der Waals surface area contributed by atoms with Crippen molar-refractivity contribution in [2.45, 2.75) is 112 Å². The van der Waals surface area contributed by atoms with Crippen LogP contribution >= 0.6 is 0 Å². The molecule has 0 saturated carbocycles. The molecule has 0 aromatic heterocycles. The molecule has 6 aromatic carbocycles. The summed E-state index contributed by atoms with van der Waals surface area (Å²) in [5, 5.41) is 0. The number of fused-ring (bicyclic) bond motifs is 4. The zero-order valence-electron chi connectivity index (χ0n) is 35.5. The summed E-state index contributed by atoms with van der Waals surface area (Å²) in [7, 11) is 0. The fourth-order valence-corrected chi connectivity index (χ4v) is 9.16. The smallest absolute Gasteiger partial charge is 0.252 e. The zero-order valence-corrected chi connectivity index (χ0v) is 35.5. The van der Waals surface area contributed by atoms with E-state index in [0.29, 0.717) is 0 Å². The maximum absolute atomic E-state index is 2.57. The molecule has 0 saturated heterocycles. The molecule has 0 aliphatic carbocycles. The van der Waals surface area contributed by atoms with Crippen molar-refractivity contribution in [2.75, 3.05) is 9.80 Å². The second-order valence-corrected chi connectivity index (χ2v) is 18.8. The van der Waals surface area contributed by atoms with E-state index in [1.54, 1.807) is 0 Å². The van der Waals surface area contributed by atoms with E-state index in [1.165, 1.54) is 121 Å². The van der Waals surface area contributed by atoms with E-state index in [4.69, 9.17) is 0 Å². The predicted octanol–water partition coefficient (Wildman–Crippen LogP) is 13.1. The predicted molar refractivity (Wildman–Crippen MR) is 245 cm³/mol. The maximum Gasteiger partial charge on any atom is 0.252 e. The first-order chi connectivity index (χ1) is 26.7. The molecular weight excluding hydrogens is 675 g/mol. The van der Waals surface area contributed by atoms with Crippen molar-refractivity contribution < 1.29 is 0 Å². The van der Waals surface area contributed by atoms with Crippen molar-refractivity contribution in [3.8, 4) is 11.1 Å². The average Bonchev–Trinajstić information content (AvgIpc) is 3.15. The molecule has 2 aliphatic rings. The highest BCUT2D eigenvalue weighted by atomic mass is 15.2. The second kappa shape index (κ2) is 14.5. The summed E-state index contributed by atoms with van der Waals surface area (Å²) in [5.41, 5.74) is 22.2. The van der Waals surface area contributed by atoms with Gasteiger partial charge in [0.1, 0.15) is 0 Å². The van der Waals surface area contributed by atoms with Gasteiger partial charge in [-0.3, -0.25) is 0 Å². The summed E-state index contributed by atoms with van der Waals surface area (Å²) in [5.74, 6) is 0. The van der Waals surface area contributed by atoms with Crippen molar-refractivity contribution in [2.24, 2.45) is 0 Å². The molecule has 0 atom stereocenters. The van der Waals surface area contributed by atoms with Crippen molar-refractivity contribution in [3.63, 3.8) is 0 Å². The summed E-state index contributed by atoms with van der Waals surface area (Å²) >= 11 is 0. The van der Waals surface area contributed by atoms with Gasteiger partial charge in [0.25, 0.3) is 6.71 Å². The Balaban J connectivity index is 1.38. The van der Waals surface area contributed by atoms with E-state index in [2.05, 4.69) is 194 Å². The van der Waals surface area contributed by atoms with Crippen molar-refractivity contribution in [3.05, 3.63) is 149 Å². The van der Waals surface area contributed by atoms with Gasteiger partial charge >= 0.3 is 0 Å². The van der Waals surface area contributed by atoms with Crippen LogP contribution in [0.15, 0.2) is 115 Å². The topological polar surface area (TPSA) is 6.48 Å². The van der Waals surface area contributed by atoms with Gasteiger partial charge in [-0.2, -0.15) is 0 Å². The number of aryl methyl sites for hydroxylation is 4. The first-order valence-corrected chi connectivity index (χ1v) is 21.0. The Bertz CT molecular complexity index is 2390. The van der Waals surface area contributed by atoms with Crippen LogP contribution in [0.2, 0.25) is 0 Å². The molecule has 56 heavy (non-hydrogen) atoms. The highest BCUT2D eigenvalue weighted by Crippen LogP contribution is 2.46. The summed E-state index contributed by atoms with van der Waals surface area (Å²) < 4.78 is 0. The van der Waals surface area contributed by atoms with Gasteiger partial charge in [0, 0.05) is 34.1 Å². The monoisotopic (exact) mass is 734 g/mol. The highest BCUT2D eigenvalue weighted by Gasteiger charge is 2.44. The summed E-state index contributed by atoms with van der Waals surface area (Å²) in [6.07, 6.45) is 6.24. The Morgan fingerprint density at radius 2 is 1.04 bits per heavy atom. The molecule has 2 aliphatic heterocycles. The fourth-order valence-electron chi connectivity index (χ4n) is 9.16. The van der Waals surface area contributed by atoms with Crippen molar-refractivity contribution in [1.82, 2.24) is 0 Å². The van der Waals surface area contributed by atoms with Crippen LogP contribution in [0.1, 0.15) is 108 Å². The standard InChI is InChI=1S/C53H59BN2/c1-11-12-13-14-15-38-16-22-43(23-17-38)56-48-33-39(40-29-35(2)28-36(3)30-40)18-26-45(48)54-46-34-42(53(8,9)10)21-27-47(46)55(49-31-37(4)32-50(56)51(49)54)44-24-19-41(20-25-44)52(5,6)7/h16-34H,11-15H2,1-10H3. The minimum absolute atomic E-state index is 0.0132. The lowest BCUT2D eigenvalue weighted by atomic mass is 9.33. The lowest BCUT2D eigenvalue weighted by Crippen LogP contribution is -2.61. The first kappa shape index (κ1) is 37.9. The molecule has 2 heterocycles. The molecule has 6 aromatic rings. The first-order valence-electron chi connectivity index (χ1n) is 21.0. The van der Waals surface area contributed by atoms with Crippen molar-refractivity contribution >= 4 is 57.2 Å². The Hall–Kier alpha value is -5.02. The van der Waals surface area contributed by atoms with Gasteiger partial charge in [-0.25, -0.2) is 0 Å². The van der Waals surface area contributed by atoms with E-state index in [9.17, 15) is 0 Å². The van der Waals surface area contributed by atoms with Gasteiger partial charge in [-0.15, -0.1) is 0 Å². The molecule has 3 heteroatoms. The van der Waals surface area contributed by atoms with E-state index < -0.39 is 0 Å². The summed E-state index contributed by atoms with van der Waals surface area (Å²) in [4.78, 5) is 5.12. The summed E-state index contributed by atoms with van der Waals surface area (Å²) in [6, 6.07) is 45.2. The number of anilines is 6. The maximum atomic E-state index is 2.57. The number of hydrogen-bond acceptors (Lipinski definition) is 2. The third-order valence-electron chi connectivity index (χ3n) is 12.1. The minimum Gasteiger partial charge on any atom is -0.311 e. The molecule has 284 valence electrons. The van der Waals surface area contributed by atoms with Crippen LogP contribution in [-0.4, -0.2) is 6.71 Å². The summed E-state index contributed by atoms with van der Waals surface area (Å²) in [6.45, 7) is 23.0. The number of rotatable bonds is 8. The SMILES string of the molecule is CCCCCCc1ccc(N2c3cc(-c4cc(C)cc(C)c4)ccc3B3c4cc(C(C)(C)C)ccc4N(c4ccc(C(C)(C)C)cc4)c4cc(C)cc2c43)cc1. The fraction of sp³-hybridized carbons (Fsp3) is 0.321. The molecule has 0 radical (unpaired) electrons. The van der Waals surface area contributed by atoms with Gasteiger partial charge < -0.3 is 9.80 Å². The van der Waals surface area contributed by atoms with Crippen LogP contribution in [0.25, 0.3) is 11.1 Å². The third-order valence-corrected chi connectivity index (χ3v) is 12.1. The van der Waals surface area contributed by atoms with Crippen LogP contribution in [0, 0.1) is 20.8 Å². The van der Waals surface area contributed by atoms with Crippen LogP contribution < -0.4 is 26.2 Å². The normalized spacial score (nSPS) is 13.4. The molecule has 8 rings (SSSR count). The van der Waals surface area contributed by atoms with Crippen LogP contribution in [0.5, 0.6) is 0 Å². The Morgan fingerprint density at radius 1 is 0.464 bits per heavy atom. The number of hydrogen-bond donors (Lipinski definition) is 0. The number of benzene rings is 6. The van der Waals surface area contributed by atoms with Gasteiger partial charge in [0.2, 0.25) is 0 Å². The Labute approximate surface area is 337 Å². The van der Waals surface area contributed by atoms with E-state index in [1.807, 2.05) is 0 Å². The minimum atomic E-state index is 0.0132. The molecule has 0 spiro atoms. The quantitative estimate of drug-likeness (QED) is 0.113. The van der Waals surface area contributed by atoms with Crippen molar-refractivity contribution in [1.29, 1.82) is 0 Å². The number of unbranched alkanes of at least 4 members (excludes halogenated alkanes) is 3. The Morgan fingerprint density at radius 3 is 1.64 bits per heavy atom. The molecule has 0 N–H and O–H groups in total. The van der Waals surface area contributed by atoms with Gasteiger partial charge in [0.15, 0.2) is 0 Å². The molecule has 2 nitrogen and oxygen atoms in total. The van der Waals surface area contributed by atoms with Gasteiger partial charge in [-0.05, 0) is 143 Å². The van der Waals surface area contributed by atoms with Crippen LogP contribution in [0.3, 0.4) is 0 Å². The van der Waals surface area contributed by atoms with E-state index in [0.717, 1.165) is 6.42 Å². The molecule has 0 fully saturated rings. The lowest BCUT2D eigenvalue weighted by Gasteiger charge is -2.45. The zero-order chi connectivity index (χ0) is 39.5. The lowest BCUT2D eigenvalue weighted by molar-refractivity contribution is 0.590. The van der Waals surface area contributed by atoms with Gasteiger partial charge in [0.05, 0.1) is 0 Å². The van der Waals surface area contributed by atoms with E-state index in [-0.39, 0.29) is 17.5 Å². The highest BCUT2D eigenvalue weighted by molar-refractivity contribution is 7.00. The average molecular weight is 735 g/mol. The molecule has 0 amide bonds.